The van der Waals surface area contributed by atoms with E-state index < -0.39 is 0 Å². The quantitative estimate of drug-likeness (QED) is 0.842. The molecule has 0 aliphatic heterocycles. The molecule has 2 aromatic rings. The zero-order chi connectivity index (χ0) is 14.1. The van der Waals surface area contributed by atoms with E-state index in [9.17, 15) is 0 Å². The highest BCUT2D eigenvalue weighted by atomic mass is 14.9. The van der Waals surface area contributed by atoms with E-state index in [4.69, 9.17) is 0 Å². The second-order valence-corrected chi connectivity index (χ2v) is 6.90. The molecule has 2 fully saturated rings. The number of fused-ring (bicyclic) bond motifs is 1. The molecule has 0 amide bonds. The predicted molar refractivity (Wildman–Crippen MR) is 89.7 cm³/mol. The average Bonchev–Trinajstić information content (AvgIpc) is 3.37. The van der Waals surface area contributed by atoms with Gasteiger partial charge in [0.25, 0.3) is 0 Å². The number of benzene rings is 2. The summed E-state index contributed by atoms with van der Waals surface area (Å²) in [5.41, 5.74) is 1.59. The van der Waals surface area contributed by atoms with Crippen LogP contribution in [0.1, 0.15) is 50.0 Å². The van der Waals surface area contributed by atoms with E-state index in [1.807, 2.05) is 0 Å². The summed E-state index contributed by atoms with van der Waals surface area (Å²) in [7, 11) is 0. The van der Waals surface area contributed by atoms with Crippen LogP contribution in [0, 0.1) is 5.92 Å². The fourth-order valence-corrected chi connectivity index (χ4v) is 4.04. The molecule has 0 spiro atoms. The van der Waals surface area contributed by atoms with E-state index in [0.29, 0.717) is 0 Å². The summed E-state index contributed by atoms with van der Waals surface area (Å²) >= 11 is 0. The molecule has 21 heavy (non-hydrogen) atoms. The van der Waals surface area contributed by atoms with E-state index in [1.165, 1.54) is 55.8 Å². The maximum absolute atomic E-state index is 3.77. The van der Waals surface area contributed by atoms with Crippen LogP contribution in [0.3, 0.4) is 0 Å². The van der Waals surface area contributed by atoms with Crippen molar-refractivity contribution in [2.24, 2.45) is 5.92 Å². The van der Waals surface area contributed by atoms with Crippen molar-refractivity contribution in [2.45, 2.75) is 50.5 Å². The van der Waals surface area contributed by atoms with Crippen molar-refractivity contribution in [3.05, 3.63) is 48.0 Å². The Morgan fingerprint density at radius 2 is 1.67 bits per heavy atom. The molecule has 0 aromatic heterocycles. The summed E-state index contributed by atoms with van der Waals surface area (Å²) in [6.07, 6.45) is 8.36. The van der Waals surface area contributed by atoms with E-state index >= 15 is 0 Å². The lowest BCUT2D eigenvalue weighted by Gasteiger charge is -2.33. The summed E-state index contributed by atoms with van der Waals surface area (Å²) in [4.78, 5) is 0. The third-order valence-electron chi connectivity index (χ3n) is 5.38. The highest BCUT2D eigenvalue weighted by Crippen LogP contribution is 2.40. The number of hydrogen-bond acceptors (Lipinski definition) is 1. The molecule has 1 heteroatoms. The van der Waals surface area contributed by atoms with Crippen molar-refractivity contribution in [3.63, 3.8) is 0 Å². The standard InChI is InChI=1S/C20H25N/c1-3-9-18-15(6-1)8-5-11-20(18)19-10-4-2-7-16(19)14-21-17-12-13-17/h1,3,5-6,8-9,11,16-17,19,21H,2,4,7,10,12-14H2. The lowest BCUT2D eigenvalue weighted by Crippen LogP contribution is -2.30. The van der Waals surface area contributed by atoms with Gasteiger partial charge in [0.15, 0.2) is 0 Å². The smallest absolute Gasteiger partial charge is 0.00683 e. The number of rotatable bonds is 4. The summed E-state index contributed by atoms with van der Waals surface area (Å²) in [6, 6.07) is 16.6. The first-order valence-corrected chi connectivity index (χ1v) is 8.63. The van der Waals surface area contributed by atoms with Crippen LogP contribution in [0.5, 0.6) is 0 Å². The van der Waals surface area contributed by atoms with Crippen LogP contribution >= 0.6 is 0 Å². The van der Waals surface area contributed by atoms with Gasteiger partial charge < -0.3 is 5.32 Å². The Morgan fingerprint density at radius 1 is 0.857 bits per heavy atom. The van der Waals surface area contributed by atoms with Gasteiger partial charge in [0.1, 0.15) is 0 Å². The molecule has 0 heterocycles. The van der Waals surface area contributed by atoms with Crippen molar-refractivity contribution in [2.75, 3.05) is 6.54 Å². The minimum absolute atomic E-state index is 0.746. The molecule has 1 nitrogen and oxygen atoms in total. The van der Waals surface area contributed by atoms with Crippen molar-refractivity contribution in [1.82, 2.24) is 5.32 Å². The average molecular weight is 279 g/mol. The zero-order valence-corrected chi connectivity index (χ0v) is 12.7. The van der Waals surface area contributed by atoms with Gasteiger partial charge >= 0.3 is 0 Å². The maximum Gasteiger partial charge on any atom is 0.00683 e. The summed E-state index contributed by atoms with van der Waals surface area (Å²) in [5, 5.41) is 6.65. The number of hydrogen-bond donors (Lipinski definition) is 1. The molecular weight excluding hydrogens is 254 g/mol. The molecule has 2 aliphatic rings. The molecule has 0 bridgehead atoms. The van der Waals surface area contributed by atoms with E-state index in [1.54, 1.807) is 5.56 Å². The topological polar surface area (TPSA) is 12.0 Å². The molecule has 0 saturated heterocycles. The normalized spacial score (nSPS) is 26.1. The van der Waals surface area contributed by atoms with Gasteiger partial charge in [-0.25, -0.2) is 0 Å². The minimum Gasteiger partial charge on any atom is -0.314 e. The highest BCUT2D eigenvalue weighted by molar-refractivity contribution is 5.86. The molecule has 2 saturated carbocycles. The van der Waals surface area contributed by atoms with E-state index in [0.717, 1.165) is 17.9 Å². The van der Waals surface area contributed by atoms with E-state index in [2.05, 4.69) is 47.8 Å². The molecule has 4 rings (SSSR count). The molecule has 2 aliphatic carbocycles. The van der Waals surface area contributed by atoms with Gasteiger partial charge in [-0.05, 0) is 60.4 Å². The first kappa shape index (κ1) is 13.3. The Labute approximate surface area is 127 Å². The predicted octanol–water partition coefficient (Wildman–Crippen LogP) is 4.87. The van der Waals surface area contributed by atoms with E-state index in [-0.39, 0.29) is 0 Å². The third kappa shape index (κ3) is 2.85. The van der Waals surface area contributed by atoms with Crippen LogP contribution < -0.4 is 5.32 Å². The Morgan fingerprint density at radius 3 is 2.57 bits per heavy atom. The summed E-state index contributed by atoms with van der Waals surface area (Å²) in [6.45, 7) is 1.22. The largest absolute Gasteiger partial charge is 0.314 e. The first-order valence-electron chi connectivity index (χ1n) is 8.63. The highest BCUT2D eigenvalue weighted by Gasteiger charge is 2.29. The summed E-state index contributed by atoms with van der Waals surface area (Å²) < 4.78 is 0. The SMILES string of the molecule is c1ccc2c(C3CCCCC3CNC3CC3)cccc2c1. The first-order chi connectivity index (χ1) is 10.4. The molecule has 1 N–H and O–H groups in total. The van der Waals surface area contributed by atoms with Gasteiger partial charge in [-0.3, -0.25) is 0 Å². The molecule has 2 atom stereocenters. The van der Waals surface area contributed by atoms with Gasteiger partial charge in [0.05, 0.1) is 0 Å². The van der Waals surface area contributed by atoms with Crippen molar-refractivity contribution < 1.29 is 0 Å². The van der Waals surface area contributed by atoms with Crippen LogP contribution in [-0.4, -0.2) is 12.6 Å². The van der Waals surface area contributed by atoms with Gasteiger partial charge in [-0.1, -0.05) is 55.3 Å². The Bertz CT molecular complexity index is 609. The van der Waals surface area contributed by atoms with Crippen LogP contribution in [0.4, 0.5) is 0 Å². The Balaban J connectivity index is 1.63. The third-order valence-corrected chi connectivity index (χ3v) is 5.38. The molecule has 0 radical (unpaired) electrons. The van der Waals surface area contributed by atoms with Gasteiger partial charge in [-0.2, -0.15) is 0 Å². The van der Waals surface area contributed by atoms with Crippen molar-refractivity contribution in [1.29, 1.82) is 0 Å². The molecule has 2 aromatic carbocycles. The summed E-state index contributed by atoms with van der Waals surface area (Å²) in [5.74, 6) is 1.57. The van der Waals surface area contributed by atoms with Crippen LogP contribution in [-0.2, 0) is 0 Å². The van der Waals surface area contributed by atoms with Gasteiger partial charge in [-0.15, -0.1) is 0 Å². The Kier molecular flexibility index (Phi) is 3.69. The van der Waals surface area contributed by atoms with Gasteiger partial charge in [0, 0.05) is 6.04 Å². The number of nitrogens with one attached hydrogen (secondary N) is 1. The maximum atomic E-state index is 3.77. The lowest BCUT2D eigenvalue weighted by molar-refractivity contribution is 0.296. The molecule has 110 valence electrons. The zero-order valence-electron chi connectivity index (χ0n) is 12.7. The Hall–Kier alpha value is -1.34. The lowest BCUT2D eigenvalue weighted by atomic mass is 9.74. The fraction of sp³-hybridized carbons (Fsp3) is 0.500. The van der Waals surface area contributed by atoms with Crippen LogP contribution in [0.25, 0.3) is 10.8 Å². The molecule has 2 unspecified atom stereocenters. The van der Waals surface area contributed by atoms with Gasteiger partial charge in [0.2, 0.25) is 0 Å². The van der Waals surface area contributed by atoms with Crippen LogP contribution in [0.2, 0.25) is 0 Å². The van der Waals surface area contributed by atoms with Crippen molar-refractivity contribution in [3.8, 4) is 0 Å². The van der Waals surface area contributed by atoms with Crippen molar-refractivity contribution >= 4 is 10.8 Å². The molecular formula is C20H25N. The second-order valence-electron chi connectivity index (χ2n) is 6.90. The van der Waals surface area contributed by atoms with Crippen LogP contribution in [0.15, 0.2) is 42.5 Å². The second kappa shape index (κ2) is 5.81. The fourth-order valence-electron chi connectivity index (χ4n) is 4.04. The minimum atomic E-state index is 0.746. The monoisotopic (exact) mass is 279 g/mol.